The number of piperazine rings is 1. The Morgan fingerprint density at radius 1 is 1.30 bits per heavy atom. The number of ether oxygens (including phenoxy) is 1. The topological polar surface area (TPSA) is 77.7 Å². The Morgan fingerprint density at radius 3 is 2.67 bits per heavy atom. The molecule has 0 radical (unpaired) electrons. The van der Waals surface area contributed by atoms with Crippen molar-refractivity contribution < 1.29 is 14.3 Å². The average Bonchev–Trinajstić information content (AvgIpc) is 3.03. The van der Waals surface area contributed by atoms with Crippen LogP contribution < -0.4 is 10.1 Å². The Morgan fingerprint density at radius 2 is 2.04 bits per heavy atom. The van der Waals surface area contributed by atoms with Crippen LogP contribution in [0.3, 0.4) is 0 Å². The van der Waals surface area contributed by atoms with Crippen molar-refractivity contribution in [1.29, 1.82) is 0 Å². The summed E-state index contributed by atoms with van der Waals surface area (Å²) >= 11 is 0. The molecular formula is C20H28N4O3. The fourth-order valence-corrected chi connectivity index (χ4v) is 3.87. The molecule has 7 heteroatoms. The molecule has 2 aromatic rings. The first-order chi connectivity index (χ1) is 12.9. The van der Waals surface area contributed by atoms with Crippen LogP contribution in [0.1, 0.15) is 29.9 Å². The van der Waals surface area contributed by atoms with E-state index in [-0.39, 0.29) is 23.9 Å². The standard InChI is InChI=1S/C20H28N4O3/c1-12(2)24-10-9-23(11-15(24)19(25)21-4)20(26)17-13(3)14-7-6-8-16(27-5)18(14)22-17/h6-8,12,15,22H,9-11H2,1-5H3,(H,21,25)/t15-/m0/s1. The van der Waals surface area contributed by atoms with Crippen molar-refractivity contribution in [2.24, 2.45) is 0 Å². The molecule has 3 rings (SSSR count). The molecule has 0 unspecified atom stereocenters. The second-order valence-electron chi connectivity index (χ2n) is 7.22. The zero-order valence-corrected chi connectivity index (χ0v) is 16.6. The lowest BCUT2D eigenvalue weighted by atomic mass is 10.1. The van der Waals surface area contributed by atoms with Gasteiger partial charge in [-0.1, -0.05) is 12.1 Å². The number of rotatable bonds is 4. The minimum absolute atomic E-state index is 0.0590. The second kappa shape index (κ2) is 7.60. The van der Waals surface area contributed by atoms with Gasteiger partial charge in [-0.15, -0.1) is 0 Å². The predicted octanol–water partition coefficient (Wildman–Crippen LogP) is 1.77. The number of hydrogen-bond donors (Lipinski definition) is 2. The van der Waals surface area contributed by atoms with Crippen molar-refractivity contribution in [3.63, 3.8) is 0 Å². The zero-order chi connectivity index (χ0) is 19.7. The van der Waals surface area contributed by atoms with Crippen molar-refractivity contribution in [1.82, 2.24) is 20.1 Å². The van der Waals surface area contributed by atoms with Gasteiger partial charge in [-0.3, -0.25) is 14.5 Å². The average molecular weight is 372 g/mol. The molecule has 1 aromatic heterocycles. The largest absolute Gasteiger partial charge is 0.495 e. The highest BCUT2D eigenvalue weighted by molar-refractivity contribution is 6.02. The summed E-state index contributed by atoms with van der Waals surface area (Å²) in [7, 11) is 3.25. The predicted molar refractivity (Wildman–Crippen MR) is 105 cm³/mol. The third-order valence-electron chi connectivity index (χ3n) is 5.41. The molecule has 0 aliphatic carbocycles. The van der Waals surface area contributed by atoms with E-state index in [0.29, 0.717) is 31.1 Å². The lowest BCUT2D eigenvalue weighted by Gasteiger charge is -2.42. The molecular weight excluding hydrogens is 344 g/mol. The molecule has 1 fully saturated rings. The van der Waals surface area contributed by atoms with Gasteiger partial charge in [0.15, 0.2) is 0 Å². The second-order valence-corrected chi connectivity index (χ2v) is 7.22. The Hall–Kier alpha value is -2.54. The molecule has 1 aliphatic rings. The molecule has 2 amide bonds. The number of para-hydroxylation sites is 1. The van der Waals surface area contributed by atoms with Gasteiger partial charge >= 0.3 is 0 Å². The highest BCUT2D eigenvalue weighted by Gasteiger charge is 2.36. The van der Waals surface area contributed by atoms with Crippen LogP contribution in [0.4, 0.5) is 0 Å². The van der Waals surface area contributed by atoms with Crippen molar-refractivity contribution >= 4 is 22.7 Å². The molecule has 146 valence electrons. The molecule has 2 N–H and O–H groups in total. The molecule has 1 aliphatic heterocycles. The number of aryl methyl sites for hydroxylation is 1. The van der Waals surface area contributed by atoms with Gasteiger partial charge in [-0.2, -0.15) is 0 Å². The number of fused-ring (bicyclic) bond motifs is 1. The van der Waals surface area contributed by atoms with Gasteiger partial charge in [0.05, 0.1) is 12.6 Å². The van der Waals surface area contributed by atoms with Gasteiger partial charge in [-0.25, -0.2) is 0 Å². The lowest BCUT2D eigenvalue weighted by Crippen LogP contribution is -2.61. The highest BCUT2D eigenvalue weighted by atomic mass is 16.5. The highest BCUT2D eigenvalue weighted by Crippen LogP contribution is 2.30. The first-order valence-electron chi connectivity index (χ1n) is 9.30. The van der Waals surface area contributed by atoms with Crippen molar-refractivity contribution in [3.8, 4) is 5.75 Å². The summed E-state index contributed by atoms with van der Waals surface area (Å²) in [6, 6.07) is 5.66. The normalized spacial score (nSPS) is 18.1. The molecule has 0 spiro atoms. The van der Waals surface area contributed by atoms with Crippen LogP contribution in [-0.4, -0.2) is 72.5 Å². The van der Waals surface area contributed by atoms with Crippen LogP contribution in [0, 0.1) is 6.92 Å². The van der Waals surface area contributed by atoms with E-state index in [1.165, 1.54) is 0 Å². The first-order valence-corrected chi connectivity index (χ1v) is 9.30. The van der Waals surface area contributed by atoms with E-state index >= 15 is 0 Å². The van der Waals surface area contributed by atoms with E-state index in [0.717, 1.165) is 16.5 Å². The Bertz CT molecular complexity index is 858. The number of nitrogens with zero attached hydrogens (tertiary/aromatic N) is 2. The van der Waals surface area contributed by atoms with Crippen LogP contribution in [0.2, 0.25) is 0 Å². The van der Waals surface area contributed by atoms with Crippen molar-refractivity contribution in [3.05, 3.63) is 29.5 Å². The van der Waals surface area contributed by atoms with Crippen LogP contribution in [0.25, 0.3) is 10.9 Å². The third kappa shape index (κ3) is 3.39. The molecule has 0 bridgehead atoms. The van der Waals surface area contributed by atoms with Gasteiger partial charge in [0.1, 0.15) is 17.5 Å². The number of amides is 2. The van der Waals surface area contributed by atoms with Gasteiger partial charge in [0.2, 0.25) is 5.91 Å². The quantitative estimate of drug-likeness (QED) is 0.857. The Kier molecular flexibility index (Phi) is 5.41. The van der Waals surface area contributed by atoms with Crippen LogP contribution in [0.15, 0.2) is 18.2 Å². The number of benzene rings is 1. The lowest BCUT2D eigenvalue weighted by molar-refractivity contribution is -0.128. The fourth-order valence-electron chi connectivity index (χ4n) is 3.87. The van der Waals surface area contributed by atoms with Gasteiger partial charge in [0.25, 0.3) is 5.91 Å². The number of aromatic nitrogens is 1. The summed E-state index contributed by atoms with van der Waals surface area (Å²) < 4.78 is 5.41. The number of carbonyl (C=O) groups excluding carboxylic acids is 2. The molecule has 0 saturated carbocycles. The van der Waals surface area contributed by atoms with E-state index < -0.39 is 0 Å². The third-order valence-corrected chi connectivity index (χ3v) is 5.41. The van der Waals surface area contributed by atoms with Gasteiger partial charge in [0, 0.05) is 38.1 Å². The number of methoxy groups -OCH3 is 1. The summed E-state index contributed by atoms with van der Waals surface area (Å²) in [4.78, 5) is 32.7. The maximum atomic E-state index is 13.2. The summed E-state index contributed by atoms with van der Waals surface area (Å²) in [5.74, 6) is 0.571. The van der Waals surface area contributed by atoms with Crippen molar-refractivity contribution in [2.75, 3.05) is 33.8 Å². The number of likely N-dealkylation sites (N-methyl/N-ethyl adjacent to an activating group) is 1. The number of aromatic amines is 1. The van der Waals surface area contributed by atoms with Crippen molar-refractivity contribution in [2.45, 2.75) is 32.9 Å². The number of H-pyrrole nitrogens is 1. The Labute approximate surface area is 159 Å². The maximum absolute atomic E-state index is 13.2. The maximum Gasteiger partial charge on any atom is 0.270 e. The van der Waals surface area contributed by atoms with E-state index in [2.05, 4.69) is 29.0 Å². The SMILES string of the molecule is CNC(=O)[C@@H]1CN(C(=O)c2[nH]c3c(OC)cccc3c2C)CCN1C(C)C. The van der Waals surface area contributed by atoms with Gasteiger partial charge < -0.3 is 19.9 Å². The van der Waals surface area contributed by atoms with E-state index in [1.807, 2.05) is 25.1 Å². The zero-order valence-electron chi connectivity index (χ0n) is 16.6. The smallest absolute Gasteiger partial charge is 0.270 e. The number of carbonyl (C=O) groups is 2. The van der Waals surface area contributed by atoms with Crippen LogP contribution in [-0.2, 0) is 4.79 Å². The van der Waals surface area contributed by atoms with E-state index in [9.17, 15) is 9.59 Å². The van der Waals surface area contributed by atoms with Crippen LogP contribution >= 0.6 is 0 Å². The summed E-state index contributed by atoms with van der Waals surface area (Å²) in [5.41, 5.74) is 2.28. The number of hydrogen-bond acceptors (Lipinski definition) is 4. The first kappa shape index (κ1) is 19.2. The monoisotopic (exact) mass is 372 g/mol. The molecule has 1 atom stereocenters. The van der Waals surface area contributed by atoms with E-state index in [1.54, 1.807) is 19.1 Å². The minimum atomic E-state index is -0.341. The minimum Gasteiger partial charge on any atom is -0.495 e. The van der Waals surface area contributed by atoms with Crippen LogP contribution in [0.5, 0.6) is 5.75 Å². The Balaban J connectivity index is 1.91. The fraction of sp³-hybridized carbons (Fsp3) is 0.500. The summed E-state index contributed by atoms with van der Waals surface area (Å²) in [5, 5.41) is 3.70. The molecule has 1 saturated heterocycles. The van der Waals surface area contributed by atoms with Gasteiger partial charge in [-0.05, 0) is 32.4 Å². The molecule has 1 aromatic carbocycles. The molecule has 2 heterocycles. The number of nitrogens with one attached hydrogen (secondary N) is 2. The van der Waals surface area contributed by atoms with E-state index in [4.69, 9.17) is 4.74 Å². The summed E-state index contributed by atoms with van der Waals surface area (Å²) in [6.07, 6.45) is 0. The molecule has 7 nitrogen and oxygen atoms in total. The summed E-state index contributed by atoms with van der Waals surface area (Å²) in [6.45, 7) is 7.72. The molecule has 27 heavy (non-hydrogen) atoms.